The molecule has 2 aromatic rings. The Morgan fingerprint density at radius 2 is 1.97 bits per heavy atom. The van der Waals surface area contributed by atoms with Crippen LogP contribution in [0.5, 0.6) is 17.2 Å². The van der Waals surface area contributed by atoms with Gasteiger partial charge in [-0.15, -0.1) is 0 Å². The van der Waals surface area contributed by atoms with Crippen molar-refractivity contribution in [3.8, 4) is 23.3 Å². The van der Waals surface area contributed by atoms with E-state index in [9.17, 15) is 22.8 Å². The molecule has 0 aromatic heterocycles. The molecule has 2 aromatic carbocycles. The molecular weight excluding hydrogens is 463 g/mol. The van der Waals surface area contributed by atoms with Crippen LogP contribution < -0.4 is 14.8 Å². The predicted molar refractivity (Wildman–Crippen MR) is 113 cm³/mol. The lowest BCUT2D eigenvalue weighted by Crippen LogP contribution is -2.20. The summed E-state index contributed by atoms with van der Waals surface area (Å²) in [6.45, 7) is -0.495. The van der Waals surface area contributed by atoms with Crippen LogP contribution in [0.25, 0.3) is 6.08 Å². The number of nitriles is 1. The molecule has 170 valence electrons. The first kappa shape index (κ1) is 23.7. The summed E-state index contributed by atoms with van der Waals surface area (Å²) in [4.78, 5) is 26.7. The number of hydrogen-bond donors (Lipinski definition) is 2. The van der Waals surface area contributed by atoms with Gasteiger partial charge in [0, 0.05) is 0 Å². The first-order chi connectivity index (χ1) is 15.6. The second-order valence-corrected chi connectivity index (χ2v) is 7.44. The number of carbonyl (C=O) groups is 2. The lowest BCUT2D eigenvalue weighted by atomic mass is 10.1. The summed E-state index contributed by atoms with van der Waals surface area (Å²) in [6.07, 6.45) is -3.26. The number of hydrogen-bond acceptors (Lipinski definition) is 7. The monoisotopic (exact) mass is 477 g/mol. The van der Waals surface area contributed by atoms with E-state index in [1.54, 1.807) is 6.07 Å². The van der Waals surface area contributed by atoms with E-state index in [2.05, 4.69) is 10.3 Å². The number of halogens is 3. The Kier molecular flexibility index (Phi) is 6.93. The molecule has 8 nitrogen and oxygen atoms in total. The number of rotatable bonds is 6. The summed E-state index contributed by atoms with van der Waals surface area (Å²) in [5, 5.41) is 20.1. The molecular formula is C21H14F3N3O5S. The number of benzene rings is 2. The zero-order valence-electron chi connectivity index (χ0n) is 16.8. The second-order valence-electron chi connectivity index (χ2n) is 6.41. The molecule has 12 heteroatoms. The van der Waals surface area contributed by atoms with E-state index < -0.39 is 35.9 Å². The van der Waals surface area contributed by atoms with Crippen LogP contribution >= 0.6 is 11.8 Å². The molecule has 1 amide bonds. The van der Waals surface area contributed by atoms with Gasteiger partial charge in [-0.25, -0.2) is 0 Å². The van der Waals surface area contributed by atoms with Crippen molar-refractivity contribution in [2.45, 2.75) is 6.18 Å². The third kappa shape index (κ3) is 5.83. The van der Waals surface area contributed by atoms with Crippen LogP contribution in [0.1, 0.15) is 16.7 Å². The Morgan fingerprint density at radius 1 is 1.24 bits per heavy atom. The maximum Gasteiger partial charge on any atom is 0.420 e. The van der Waals surface area contributed by atoms with Gasteiger partial charge in [0.25, 0.3) is 5.91 Å². The van der Waals surface area contributed by atoms with Gasteiger partial charge in [0.05, 0.1) is 29.2 Å². The van der Waals surface area contributed by atoms with Crippen LogP contribution in [-0.4, -0.2) is 35.8 Å². The summed E-state index contributed by atoms with van der Waals surface area (Å²) in [5.41, 5.74) is -0.795. The number of aliphatic imine (C=N–C) groups is 1. The van der Waals surface area contributed by atoms with Crippen molar-refractivity contribution in [2.75, 3.05) is 13.7 Å². The summed E-state index contributed by atoms with van der Waals surface area (Å²) in [5.74, 6) is -2.04. The molecule has 0 saturated carbocycles. The molecule has 3 rings (SSSR count). The molecule has 1 aliphatic heterocycles. The number of thioether (sulfide) groups is 1. The number of aliphatic carboxylic acids is 1. The van der Waals surface area contributed by atoms with Crippen molar-refractivity contribution >= 4 is 34.9 Å². The van der Waals surface area contributed by atoms with Gasteiger partial charge >= 0.3 is 12.1 Å². The van der Waals surface area contributed by atoms with Gasteiger partial charge in [0.1, 0.15) is 12.3 Å². The maximum absolute atomic E-state index is 13.4. The van der Waals surface area contributed by atoms with Gasteiger partial charge in [0.15, 0.2) is 16.7 Å². The van der Waals surface area contributed by atoms with E-state index >= 15 is 0 Å². The van der Waals surface area contributed by atoms with Crippen molar-refractivity contribution in [1.82, 2.24) is 5.32 Å². The van der Waals surface area contributed by atoms with Crippen LogP contribution in [0.2, 0.25) is 0 Å². The Labute approximate surface area is 189 Å². The first-order valence-electron chi connectivity index (χ1n) is 9.05. The third-order valence-corrected chi connectivity index (χ3v) is 5.08. The fourth-order valence-corrected chi connectivity index (χ4v) is 3.50. The summed E-state index contributed by atoms with van der Waals surface area (Å²) < 4.78 is 50.9. The third-order valence-electron chi connectivity index (χ3n) is 4.13. The zero-order valence-corrected chi connectivity index (χ0v) is 17.6. The van der Waals surface area contributed by atoms with E-state index in [1.165, 1.54) is 37.5 Å². The van der Waals surface area contributed by atoms with E-state index in [-0.39, 0.29) is 27.1 Å². The van der Waals surface area contributed by atoms with Gasteiger partial charge in [-0.1, -0.05) is 6.07 Å². The molecule has 1 saturated heterocycles. The molecule has 1 heterocycles. The fraction of sp³-hybridized carbons (Fsp3) is 0.143. The molecule has 0 bridgehead atoms. The quantitative estimate of drug-likeness (QED) is 0.603. The number of methoxy groups -OCH3 is 1. The standard InChI is InChI=1S/C21H14F3N3O5S/c1-31-16-7-11(8-17-19(30)27-20(33-17)26-10-18(28)29)2-5-15(16)32-14-4-3-12(9-25)6-13(14)21(22,23)24/h2-8H,10H2,1H3,(H,28,29)(H,26,27,30)/b17-8-. The normalized spacial score (nSPS) is 15.9. The molecule has 0 radical (unpaired) electrons. The molecule has 0 spiro atoms. The van der Waals surface area contributed by atoms with Crippen molar-refractivity contribution in [3.63, 3.8) is 0 Å². The first-order valence-corrected chi connectivity index (χ1v) is 9.86. The number of carboxylic acids is 1. The van der Waals surface area contributed by atoms with Crippen LogP contribution in [0, 0.1) is 11.3 Å². The molecule has 1 fully saturated rings. The largest absolute Gasteiger partial charge is 0.493 e. The highest BCUT2D eigenvalue weighted by Gasteiger charge is 2.35. The summed E-state index contributed by atoms with van der Waals surface area (Å²) >= 11 is 0.948. The minimum Gasteiger partial charge on any atom is -0.493 e. The molecule has 33 heavy (non-hydrogen) atoms. The molecule has 0 atom stereocenters. The predicted octanol–water partition coefficient (Wildman–Crippen LogP) is 4.02. The Morgan fingerprint density at radius 3 is 2.61 bits per heavy atom. The average molecular weight is 477 g/mol. The van der Waals surface area contributed by atoms with Gasteiger partial charge in [0.2, 0.25) is 0 Å². The number of amidine groups is 1. The number of carboxylic acid groups (broad SMARTS) is 1. The number of carbonyl (C=O) groups excluding carboxylic acids is 1. The van der Waals surface area contributed by atoms with E-state index in [0.29, 0.717) is 11.6 Å². The molecule has 1 aliphatic rings. The molecule has 0 unspecified atom stereocenters. The number of ether oxygens (including phenoxy) is 2. The SMILES string of the molecule is COc1cc(/C=C2\SC(=NCC(=O)O)NC2=O)ccc1Oc1ccc(C#N)cc1C(F)(F)F. The van der Waals surface area contributed by atoms with Gasteiger partial charge in [-0.2, -0.15) is 18.4 Å². The van der Waals surface area contributed by atoms with Crippen LogP contribution in [0.3, 0.4) is 0 Å². The average Bonchev–Trinajstić information content (AvgIpc) is 3.11. The highest BCUT2D eigenvalue weighted by atomic mass is 32.2. The maximum atomic E-state index is 13.4. The van der Waals surface area contributed by atoms with E-state index in [4.69, 9.17) is 19.8 Å². The smallest absolute Gasteiger partial charge is 0.420 e. The molecule has 0 aliphatic carbocycles. The second kappa shape index (κ2) is 9.66. The lowest BCUT2D eigenvalue weighted by molar-refractivity contribution is -0.138. The lowest BCUT2D eigenvalue weighted by Gasteiger charge is -2.16. The molecule has 2 N–H and O–H groups in total. The highest BCUT2D eigenvalue weighted by Crippen LogP contribution is 2.41. The van der Waals surface area contributed by atoms with Crippen molar-refractivity contribution < 1.29 is 37.3 Å². The minimum absolute atomic E-state index is 0.0120. The number of nitrogens with zero attached hydrogens (tertiary/aromatic N) is 2. The van der Waals surface area contributed by atoms with Gasteiger partial charge in [-0.05, 0) is 53.7 Å². The van der Waals surface area contributed by atoms with Crippen LogP contribution in [0.15, 0.2) is 46.3 Å². The van der Waals surface area contributed by atoms with Gasteiger partial charge < -0.3 is 19.9 Å². The van der Waals surface area contributed by atoms with E-state index in [0.717, 1.165) is 17.8 Å². The number of nitrogens with one attached hydrogen (secondary N) is 1. The summed E-state index contributed by atoms with van der Waals surface area (Å²) in [7, 11) is 1.30. The highest BCUT2D eigenvalue weighted by molar-refractivity contribution is 8.18. The van der Waals surface area contributed by atoms with Gasteiger partial charge in [-0.3, -0.25) is 14.6 Å². The van der Waals surface area contributed by atoms with Crippen molar-refractivity contribution in [1.29, 1.82) is 5.26 Å². The number of amides is 1. The summed E-state index contributed by atoms with van der Waals surface area (Å²) in [6, 6.07) is 8.94. The van der Waals surface area contributed by atoms with E-state index in [1.807, 2.05) is 0 Å². The Balaban J connectivity index is 1.88. The topological polar surface area (TPSA) is 121 Å². The fourth-order valence-electron chi connectivity index (χ4n) is 2.68. The number of alkyl halides is 3. The Bertz CT molecular complexity index is 1220. The Hall–Kier alpha value is -3.98. The van der Waals surface area contributed by atoms with Crippen molar-refractivity contribution in [3.05, 3.63) is 58.0 Å². The minimum atomic E-state index is -4.74. The van der Waals surface area contributed by atoms with Crippen LogP contribution in [-0.2, 0) is 15.8 Å². The van der Waals surface area contributed by atoms with Crippen LogP contribution in [0.4, 0.5) is 13.2 Å². The van der Waals surface area contributed by atoms with Crippen molar-refractivity contribution in [2.24, 2.45) is 4.99 Å². The zero-order chi connectivity index (χ0) is 24.2.